The fourth-order valence-corrected chi connectivity index (χ4v) is 6.01. The van der Waals surface area contributed by atoms with Crippen LogP contribution in [-0.2, 0) is 17.8 Å². The number of methoxy groups -OCH3 is 1. The summed E-state index contributed by atoms with van der Waals surface area (Å²) in [6.07, 6.45) is 3.26. The van der Waals surface area contributed by atoms with Gasteiger partial charge in [-0.05, 0) is 80.5 Å². The molecular weight excluding hydrogens is 528 g/mol. The van der Waals surface area contributed by atoms with Crippen molar-refractivity contribution < 1.29 is 18.6 Å². The number of aromatic nitrogens is 5. The zero-order valence-corrected chi connectivity index (χ0v) is 24.7. The van der Waals surface area contributed by atoms with Crippen molar-refractivity contribution in [3.05, 3.63) is 48.3 Å². The molecule has 4 aromatic rings. The first-order valence-electron chi connectivity index (χ1n) is 13.4. The summed E-state index contributed by atoms with van der Waals surface area (Å²) in [7, 11) is -2.00. The van der Waals surface area contributed by atoms with E-state index in [1.807, 2.05) is 18.2 Å². The molecule has 2 aromatic heterocycles. The van der Waals surface area contributed by atoms with Crippen LogP contribution in [0.5, 0.6) is 5.75 Å². The maximum Gasteiger partial charge on any atom is 0.252 e. The number of amides is 1. The molecule has 214 valence electrons. The molecule has 1 aliphatic carbocycles. The predicted molar refractivity (Wildman–Crippen MR) is 158 cm³/mol. The molecule has 0 aliphatic heterocycles. The van der Waals surface area contributed by atoms with E-state index < -0.39 is 21.2 Å². The number of anilines is 1. The van der Waals surface area contributed by atoms with E-state index in [-0.39, 0.29) is 16.3 Å². The van der Waals surface area contributed by atoms with Gasteiger partial charge in [-0.2, -0.15) is 15.6 Å². The van der Waals surface area contributed by atoms with Gasteiger partial charge in [0.15, 0.2) is 5.82 Å². The molecule has 2 heterocycles. The Kier molecular flexibility index (Phi) is 7.18. The Morgan fingerprint density at radius 2 is 1.80 bits per heavy atom. The fourth-order valence-electron chi connectivity index (χ4n) is 4.58. The minimum absolute atomic E-state index is 0.0418. The molecule has 0 unspecified atom stereocenters. The van der Waals surface area contributed by atoms with Crippen molar-refractivity contribution in [3.8, 4) is 17.1 Å². The number of ether oxygens (including phenoxy) is 1. The first kappa shape index (κ1) is 28.1. The standard InChI is InChI=1S/C29H38N6O4S/c1-28(2,3)16-24-30-22-15-21(13-14-23(22)35(24)17-18-7-8-18)40(37,38)29(4,5)26(36)32-27-31-25(33-34-27)19-9-11-20(39-6)12-10-19/h9-15,18,37-38H,7-8,16-17H2,1-6H3,(H2,31,32,33,34,36). The van der Waals surface area contributed by atoms with Crippen LogP contribution in [0.2, 0.25) is 0 Å². The number of H-pyrrole nitrogens is 1. The van der Waals surface area contributed by atoms with Crippen LogP contribution in [0, 0.1) is 11.3 Å². The second-order valence-corrected chi connectivity index (χ2v) is 14.8. The Balaban J connectivity index is 1.38. The van der Waals surface area contributed by atoms with Gasteiger partial charge in [0.2, 0.25) is 5.95 Å². The van der Waals surface area contributed by atoms with E-state index in [1.54, 1.807) is 31.4 Å². The Hall–Kier alpha value is -3.41. The molecule has 0 atom stereocenters. The molecule has 1 saturated carbocycles. The van der Waals surface area contributed by atoms with E-state index in [2.05, 4.69) is 45.8 Å². The lowest BCUT2D eigenvalue weighted by Crippen LogP contribution is -2.42. The lowest BCUT2D eigenvalue weighted by Gasteiger charge is -2.44. The van der Waals surface area contributed by atoms with E-state index in [1.165, 1.54) is 26.7 Å². The van der Waals surface area contributed by atoms with Gasteiger partial charge < -0.3 is 9.30 Å². The van der Waals surface area contributed by atoms with Crippen molar-refractivity contribution in [3.63, 3.8) is 0 Å². The van der Waals surface area contributed by atoms with Gasteiger partial charge in [-0.1, -0.05) is 20.8 Å². The smallest absolute Gasteiger partial charge is 0.252 e. The third-order valence-electron chi connectivity index (χ3n) is 7.29. The monoisotopic (exact) mass is 566 g/mol. The third-order valence-corrected chi connectivity index (χ3v) is 9.81. The van der Waals surface area contributed by atoms with Crippen molar-refractivity contribution in [2.45, 2.75) is 70.1 Å². The first-order chi connectivity index (χ1) is 18.8. The van der Waals surface area contributed by atoms with Crippen LogP contribution >= 0.6 is 10.6 Å². The summed E-state index contributed by atoms with van der Waals surface area (Å²) >= 11 is 0. The predicted octanol–water partition coefficient (Wildman–Crippen LogP) is 6.36. The second kappa shape index (κ2) is 10.2. The van der Waals surface area contributed by atoms with E-state index in [9.17, 15) is 13.9 Å². The van der Waals surface area contributed by atoms with Gasteiger partial charge in [0.1, 0.15) is 16.3 Å². The SMILES string of the molecule is COc1ccc(-c2nc(NC(=O)C(C)(C)S(O)(O)c3ccc4c(c3)nc(CC(C)(C)C)n4CC3CC3)n[nH]2)cc1. The number of nitrogens with one attached hydrogen (secondary N) is 2. The number of nitrogens with zero attached hydrogens (tertiary/aromatic N) is 4. The maximum atomic E-state index is 13.3. The van der Waals surface area contributed by atoms with Gasteiger partial charge in [0, 0.05) is 18.5 Å². The van der Waals surface area contributed by atoms with Crippen LogP contribution < -0.4 is 10.1 Å². The van der Waals surface area contributed by atoms with Gasteiger partial charge in [-0.3, -0.25) is 24.3 Å². The second-order valence-electron chi connectivity index (χ2n) is 12.2. The lowest BCUT2D eigenvalue weighted by atomic mass is 9.92. The molecule has 1 aliphatic rings. The van der Waals surface area contributed by atoms with Crippen LogP contribution in [0.1, 0.15) is 53.3 Å². The summed E-state index contributed by atoms with van der Waals surface area (Å²) < 4.78 is 28.8. The number of carbonyl (C=O) groups is 1. The minimum atomic E-state index is -3.59. The minimum Gasteiger partial charge on any atom is -0.497 e. The van der Waals surface area contributed by atoms with E-state index in [4.69, 9.17) is 9.72 Å². The summed E-state index contributed by atoms with van der Waals surface area (Å²) in [4.78, 5) is 22.9. The molecule has 40 heavy (non-hydrogen) atoms. The van der Waals surface area contributed by atoms with Gasteiger partial charge >= 0.3 is 0 Å². The van der Waals surface area contributed by atoms with Crippen molar-refractivity contribution in [1.82, 2.24) is 24.7 Å². The Labute approximate surface area is 235 Å². The van der Waals surface area contributed by atoms with Crippen LogP contribution in [-0.4, -0.2) is 51.6 Å². The molecule has 1 fully saturated rings. The zero-order valence-electron chi connectivity index (χ0n) is 23.9. The van der Waals surface area contributed by atoms with E-state index >= 15 is 0 Å². The zero-order chi connectivity index (χ0) is 28.9. The summed E-state index contributed by atoms with van der Waals surface area (Å²) in [5, 5.41) is 9.53. The highest BCUT2D eigenvalue weighted by Crippen LogP contribution is 2.59. The number of hydrogen-bond acceptors (Lipinski definition) is 7. The molecule has 1 amide bonds. The number of carbonyl (C=O) groups excluding carboxylic acids is 1. The number of aromatic amines is 1. The summed E-state index contributed by atoms with van der Waals surface area (Å²) in [5.41, 5.74) is 2.49. The Bertz CT molecular complexity index is 1530. The van der Waals surface area contributed by atoms with Crippen molar-refractivity contribution in [2.75, 3.05) is 12.4 Å². The van der Waals surface area contributed by atoms with Crippen molar-refractivity contribution in [1.29, 1.82) is 0 Å². The Morgan fingerprint density at radius 3 is 2.42 bits per heavy atom. The summed E-state index contributed by atoms with van der Waals surface area (Å²) in [5.74, 6) is 2.26. The molecule has 2 aromatic carbocycles. The highest BCUT2D eigenvalue weighted by atomic mass is 32.3. The van der Waals surface area contributed by atoms with Crippen LogP contribution in [0.25, 0.3) is 22.4 Å². The molecule has 11 heteroatoms. The molecule has 0 saturated heterocycles. The average molecular weight is 567 g/mol. The van der Waals surface area contributed by atoms with Crippen molar-refractivity contribution >= 4 is 33.5 Å². The number of rotatable bonds is 9. The van der Waals surface area contributed by atoms with Crippen molar-refractivity contribution in [2.24, 2.45) is 11.3 Å². The third kappa shape index (κ3) is 5.59. The summed E-state index contributed by atoms with van der Waals surface area (Å²) in [6, 6.07) is 12.5. The van der Waals surface area contributed by atoms with Gasteiger partial charge in [-0.15, -0.1) is 5.10 Å². The van der Waals surface area contributed by atoms with Crippen LogP contribution in [0.4, 0.5) is 5.95 Å². The van der Waals surface area contributed by atoms with Gasteiger partial charge in [0.05, 0.1) is 23.0 Å². The first-order valence-corrected chi connectivity index (χ1v) is 15.0. The topological polar surface area (TPSA) is 138 Å². The summed E-state index contributed by atoms with van der Waals surface area (Å²) in [6.45, 7) is 10.5. The van der Waals surface area contributed by atoms with Gasteiger partial charge in [0.25, 0.3) is 5.91 Å². The molecule has 10 nitrogen and oxygen atoms in total. The molecule has 0 radical (unpaired) electrons. The number of imidazole rings is 1. The van der Waals surface area contributed by atoms with E-state index in [0.717, 1.165) is 29.9 Å². The average Bonchev–Trinajstić information content (AvgIpc) is 3.50. The Morgan fingerprint density at radius 1 is 1.10 bits per heavy atom. The molecule has 5 rings (SSSR count). The largest absolute Gasteiger partial charge is 0.497 e. The maximum absolute atomic E-state index is 13.3. The van der Waals surface area contributed by atoms with E-state index in [0.29, 0.717) is 23.0 Å². The van der Waals surface area contributed by atoms with Gasteiger partial charge in [-0.25, -0.2) is 4.98 Å². The fraction of sp³-hybridized carbons (Fsp3) is 0.448. The normalized spacial score (nSPS) is 14.9. The molecule has 0 spiro atoms. The molecule has 0 bridgehead atoms. The number of hydrogen-bond donors (Lipinski definition) is 4. The lowest BCUT2D eigenvalue weighted by molar-refractivity contribution is -0.118. The molecular formula is C29H38N6O4S. The highest BCUT2D eigenvalue weighted by molar-refractivity contribution is 8.26. The quantitative estimate of drug-likeness (QED) is 0.185. The van der Waals surface area contributed by atoms with Crippen LogP contribution in [0.3, 0.4) is 0 Å². The number of fused-ring (bicyclic) bond motifs is 1. The van der Waals surface area contributed by atoms with Crippen LogP contribution in [0.15, 0.2) is 47.4 Å². The molecule has 4 N–H and O–H groups in total. The number of benzene rings is 2. The highest BCUT2D eigenvalue weighted by Gasteiger charge is 2.43.